The second-order valence-electron chi connectivity index (χ2n) is 4.04. The number of rotatable bonds is 3. The molecule has 0 aliphatic rings. The van der Waals surface area contributed by atoms with Gasteiger partial charge in [0, 0.05) is 15.0 Å². The fraction of sp³-hybridized carbons (Fsp3) is 0. The van der Waals surface area contributed by atoms with Crippen molar-refractivity contribution >= 4 is 49.1 Å². The van der Waals surface area contributed by atoms with Crippen LogP contribution in [0.5, 0.6) is 5.75 Å². The van der Waals surface area contributed by atoms with E-state index in [1.54, 1.807) is 18.2 Å². The van der Waals surface area contributed by atoms with Crippen LogP contribution in [-0.2, 0) is 0 Å². The highest BCUT2D eigenvalue weighted by Gasteiger charge is 2.15. The highest BCUT2D eigenvalue weighted by molar-refractivity contribution is 9.11. The molecule has 0 fully saturated rings. The SMILES string of the molecule is O=C(Nc1ccc([N+](=O)[O-])cc1O)c1ccc(Br)cc1Br. The van der Waals surface area contributed by atoms with Crippen molar-refractivity contribution in [1.29, 1.82) is 0 Å². The fourth-order valence-electron chi connectivity index (χ4n) is 1.60. The number of nitro benzene ring substituents is 1. The van der Waals surface area contributed by atoms with Gasteiger partial charge in [-0.05, 0) is 40.2 Å². The van der Waals surface area contributed by atoms with E-state index in [0.29, 0.717) is 10.0 Å². The Bertz CT molecular complexity index is 734. The lowest BCUT2D eigenvalue weighted by Crippen LogP contribution is -2.12. The van der Waals surface area contributed by atoms with Crippen LogP contribution < -0.4 is 5.32 Å². The van der Waals surface area contributed by atoms with Crippen molar-refractivity contribution in [3.05, 3.63) is 61.0 Å². The highest BCUT2D eigenvalue weighted by Crippen LogP contribution is 2.29. The number of nitro groups is 1. The van der Waals surface area contributed by atoms with Gasteiger partial charge in [-0.15, -0.1) is 0 Å². The molecule has 21 heavy (non-hydrogen) atoms. The van der Waals surface area contributed by atoms with Gasteiger partial charge < -0.3 is 10.4 Å². The van der Waals surface area contributed by atoms with Crippen LogP contribution in [0.25, 0.3) is 0 Å². The van der Waals surface area contributed by atoms with Gasteiger partial charge in [0.05, 0.1) is 22.2 Å². The van der Waals surface area contributed by atoms with Crippen molar-refractivity contribution in [2.75, 3.05) is 5.32 Å². The number of carbonyl (C=O) groups is 1. The zero-order valence-corrected chi connectivity index (χ0v) is 13.5. The van der Waals surface area contributed by atoms with Crippen LogP contribution in [0.4, 0.5) is 11.4 Å². The molecule has 0 radical (unpaired) electrons. The largest absolute Gasteiger partial charge is 0.506 e. The summed E-state index contributed by atoms with van der Waals surface area (Å²) in [5.74, 6) is -0.815. The van der Waals surface area contributed by atoms with Crippen LogP contribution in [-0.4, -0.2) is 15.9 Å². The second-order valence-corrected chi connectivity index (χ2v) is 5.81. The molecule has 0 aliphatic carbocycles. The van der Waals surface area contributed by atoms with Crippen molar-refractivity contribution in [3.8, 4) is 5.75 Å². The summed E-state index contributed by atoms with van der Waals surface area (Å²) >= 11 is 6.55. The zero-order chi connectivity index (χ0) is 15.6. The van der Waals surface area contributed by atoms with Crippen molar-refractivity contribution in [1.82, 2.24) is 0 Å². The number of carbonyl (C=O) groups excluding carboxylic acids is 1. The monoisotopic (exact) mass is 414 g/mol. The van der Waals surface area contributed by atoms with E-state index >= 15 is 0 Å². The second kappa shape index (κ2) is 6.23. The van der Waals surface area contributed by atoms with E-state index in [0.717, 1.165) is 10.5 Å². The summed E-state index contributed by atoms with van der Waals surface area (Å²) < 4.78 is 1.39. The minimum absolute atomic E-state index is 0.0976. The van der Waals surface area contributed by atoms with E-state index in [9.17, 15) is 20.0 Å². The Morgan fingerprint density at radius 3 is 2.48 bits per heavy atom. The molecule has 8 heteroatoms. The molecule has 0 atom stereocenters. The zero-order valence-electron chi connectivity index (χ0n) is 10.3. The molecule has 1 amide bonds. The number of halogens is 2. The van der Waals surface area contributed by atoms with E-state index in [1.165, 1.54) is 12.1 Å². The molecular formula is C13H8Br2N2O4. The molecule has 6 nitrogen and oxygen atoms in total. The Morgan fingerprint density at radius 2 is 1.90 bits per heavy atom. The summed E-state index contributed by atoms with van der Waals surface area (Å²) in [6.45, 7) is 0. The summed E-state index contributed by atoms with van der Waals surface area (Å²) in [5.41, 5.74) is 0.215. The number of aromatic hydroxyl groups is 1. The maximum atomic E-state index is 12.1. The number of amides is 1. The third kappa shape index (κ3) is 3.59. The van der Waals surface area contributed by atoms with E-state index in [4.69, 9.17) is 0 Å². The lowest BCUT2D eigenvalue weighted by molar-refractivity contribution is -0.384. The van der Waals surface area contributed by atoms with Crippen molar-refractivity contribution in [2.24, 2.45) is 0 Å². The number of nitrogens with one attached hydrogen (secondary N) is 1. The third-order valence-electron chi connectivity index (χ3n) is 2.62. The quantitative estimate of drug-likeness (QED) is 0.448. The fourth-order valence-corrected chi connectivity index (χ4v) is 2.83. The molecule has 0 unspecified atom stereocenters. The highest BCUT2D eigenvalue weighted by atomic mass is 79.9. The standard InChI is InChI=1S/C13H8Br2N2O4/c14-7-1-3-9(10(15)5-7)13(19)16-11-4-2-8(17(20)21)6-12(11)18/h1-6,18H,(H,16,19). The van der Waals surface area contributed by atoms with Gasteiger partial charge in [0.25, 0.3) is 11.6 Å². The lowest BCUT2D eigenvalue weighted by Gasteiger charge is -2.08. The van der Waals surface area contributed by atoms with Gasteiger partial charge in [-0.3, -0.25) is 14.9 Å². The summed E-state index contributed by atoms with van der Waals surface area (Å²) in [6.07, 6.45) is 0. The first-order valence-electron chi connectivity index (χ1n) is 5.62. The number of phenolic OH excluding ortho intramolecular Hbond substituents is 1. The molecule has 0 bridgehead atoms. The molecule has 0 aromatic heterocycles. The van der Waals surface area contributed by atoms with E-state index in [2.05, 4.69) is 37.2 Å². The van der Waals surface area contributed by atoms with Gasteiger partial charge in [-0.1, -0.05) is 15.9 Å². The van der Waals surface area contributed by atoms with Crippen LogP contribution in [0.1, 0.15) is 10.4 Å². The van der Waals surface area contributed by atoms with Crippen molar-refractivity contribution in [2.45, 2.75) is 0 Å². The summed E-state index contributed by atoms with van der Waals surface area (Å²) in [5, 5.41) is 22.8. The average molecular weight is 416 g/mol. The van der Waals surface area contributed by atoms with Gasteiger partial charge >= 0.3 is 0 Å². The molecule has 0 spiro atoms. The normalized spacial score (nSPS) is 10.2. The molecule has 108 valence electrons. The van der Waals surface area contributed by atoms with Crippen LogP contribution in [0, 0.1) is 10.1 Å². The van der Waals surface area contributed by atoms with E-state index in [1.807, 2.05) is 0 Å². The predicted octanol–water partition coefficient (Wildman–Crippen LogP) is 4.08. The number of phenols is 1. The van der Waals surface area contributed by atoms with Crippen LogP contribution in [0.15, 0.2) is 45.3 Å². The van der Waals surface area contributed by atoms with Crippen molar-refractivity contribution in [3.63, 3.8) is 0 Å². The maximum Gasteiger partial charge on any atom is 0.273 e. The minimum atomic E-state index is -0.628. The number of hydrogen-bond donors (Lipinski definition) is 2. The van der Waals surface area contributed by atoms with Gasteiger partial charge in [-0.25, -0.2) is 0 Å². The van der Waals surface area contributed by atoms with Gasteiger partial charge in [-0.2, -0.15) is 0 Å². The Balaban J connectivity index is 2.25. The topological polar surface area (TPSA) is 92.5 Å². The molecule has 2 rings (SSSR count). The Kier molecular flexibility index (Phi) is 4.59. The Hall–Kier alpha value is -1.93. The lowest BCUT2D eigenvalue weighted by atomic mass is 10.2. The molecule has 2 aromatic rings. The summed E-state index contributed by atoms with van der Waals surface area (Å²) in [7, 11) is 0. The Labute approximate surface area is 136 Å². The van der Waals surface area contributed by atoms with Crippen molar-refractivity contribution < 1.29 is 14.8 Å². The number of hydrogen-bond acceptors (Lipinski definition) is 4. The third-order valence-corrected chi connectivity index (χ3v) is 3.77. The van der Waals surface area contributed by atoms with E-state index in [-0.39, 0.29) is 17.1 Å². The van der Waals surface area contributed by atoms with Crippen LogP contribution >= 0.6 is 31.9 Å². The average Bonchev–Trinajstić information content (AvgIpc) is 2.40. The minimum Gasteiger partial charge on any atom is -0.506 e. The predicted molar refractivity (Wildman–Crippen MR) is 84.6 cm³/mol. The van der Waals surface area contributed by atoms with Gasteiger partial charge in [0.1, 0.15) is 5.75 Å². The number of anilines is 1. The Morgan fingerprint density at radius 1 is 1.19 bits per heavy atom. The number of benzene rings is 2. The molecule has 2 N–H and O–H groups in total. The molecular weight excluding hydrogens is 408 g/mol. The first-order chi connectivity index (χ1) is 9.88. The first-order valence-corrected chi connectivity index (χ1v) is 7.21. The molecule has 0 saturated heterocycles. The summed E-state index contributed by atoms with van der Waals surface area (Å²) in [4.78, 5) is 22.1. The van der Waals surface area contributed by atoms with Crippen LogP contribution in [0.2, 0.25) is 0 Å². The maximum absolute atomic E-state index is 12.1. The van der Waals surface area contributed by atoms with Gasteiger partial charge in [0.2, 0.25) is 0 Å². The summed E-state index contributed by atoms with van der Waals surface area (Å²) in [6, 6.07) is 8.47. The first kappa shape index (κ1) is 15.5. The smallest absolute Gasteiger partial charge is 0.273 e. The molecule has 0 saturated carbocycles. The number of nitrogens with zero attached hydrogens (tertiary/aromatic N) is 1. The molecule has 0 aliphatic heterocycles. The van der Waals surface area contributed by atoms with E-state index < -0.39 is 10.8 Å². The molecule has 2 aromatic carbocycles. The number of non-ortho nitro benzene ring substituents is 1. The van der Waals surface area contributed by atoms with Crippen LogP contribution in [0.3, 0.4) is 0 Å². The molecule has 0 heterocycles. The van der Waals surface area contributed by atoms with Gasteiger partial charge in [0.15, 0.2) is 0 Å².